The first-order valence-corrected chi connectivity index (χ1v) is 12.4. The number of amides is 2. The van der Waals surface area contributed by atoms with Crippen LogP contribution in [-0.2, 0) is 25.6 Å². The van der Waals surface area contributed by atoms with Gasteiger partial charge in [0.1, 0.15) is 0 Å². The van der Waals surface area contributed by atoms with E-state index in [0.717, 1.165) is 37.2 Å². The summed E-state index contributed by atoms with van der Waals surface area (Å²) in [5, 5.41) is 0. The van der Waals surface area contributed by atoms with Crippen LogP contribution in [0, 0.1) is 13.8 Å². The fourth-order valence-corrected chi connectivity index (χ4v) is 5.63. The number of hydrogen-bond donors (Lipinski definition) is 0. The highest BCUT2D eigenvalue weighted by Gasteiger charge is 2.64. The molecule has 9 heteroatoms. The summed E-state index contributed by atoms with van der Waals surface area (Å²) in [6.07, 6.45) is 2.60. The van der Waals surface area contributed by atoms with Gasteiger partial charge in [-0.25, -0.2) is 4.79 Å². The third-order valence-corrected chi connectivity index (χ3v) is 7.48. The third kappa shape index (κ3) is 3.73. The van der Waals surface area contributed by atoms with Crippen LogP contribution in [-0.4, -0.2) is 65.1 Å². The topological polar surface area (TPSA) is 98.1 Å². The van der Waals surface area contributed by atoms with Crippen molar-refractivity contribution in [3.05, 3.63) is 52.8 Å². The number of benzene rings is 1. The minimum atomic E-state index is -1.55. The van der Waals surface area contributed by atoms with Crippen LogP contribution in [0.15, 0.2) is 30.3 Å². The molecule has 0 spiro atoms. The standard InChI is InChI=1S/C27H31N3O6/c1-17-15-21(18(2)28(17)13-6-14-35-3)23(31)16-36-26(34)27-12-11-24(32)30(27)22-8-5-4-7-20(22)25(33)29(27)19-9-10-19/h4-5,7-8,15,19H,6,9-14,16H2,1-3H3/t27-/m0/s1. The van der Waals surface area contributed by atoms with Crippen molar-refractivity contribution >= 4 is 29.3 Å². The number of fused-ring (bicyclic) bond motifs is 3. The molecule has 9 nitrogen and oxygen atoms in total. The van der Waals surface area contributed by atoms with E-state index in [-0.39, 0.29) is 36.5 Å². The van der Waals surface area contributed by atoms with Gasteiger partial charge in [0.25, 0.3) is 5.91 Å². The summed E-state index contributed by atoms with van der Waals surface area (Å²) in [5.74, 6) is -1.56. The van der Waals surface area contributed by atoms with Gasteiger partial charge < -0.3 is 18.9 Å². The molecule has 1 saturated heterocycles. The van der Waals surface area contributed by atoms with Gasteiger partial charge in [-0.05, 0) is 51.3 Å². The van der Waals surface area contributed by atoms with Crippen LogP contribution in [0.5, 0.6) is 0 Å². The van der Waals surface area contributed by atoms with Crippen LogP contribution < -0.4 is 4.90 Å². The van der Waals surface area contributed by atoms with Crippen molar-refractivity contribution in [1.29, 1.82) is 0 Å². The zero-order valence-corrected chi connectivity index (χ0v) is 20.9. The highest BCUT2D eigenvalue weighted by molar-refractivity contribution is 6.16. The summed E-state index contributed by atoms with van der Waals surface area (Å²) in [4.78, 5) is 56.4. The minimum absolute atomic E-state index is 0.122. The number of para-hydroxylation sites is 1. The van der Waals surface area contributed by atoms with Crippen molar-refractivity contribution in [3.8, 4) is 0 Å². The Morgan fingerprint density at radius 2 is 1.89 bits per heavy atom. The average molecular weight is 494 g/mol. The number of nitrogens with zero attached hydrogens (tertiary/aromatic N) is 3. The molecule has 2 aromatic rings. The Morgan fingerprint density at radius 3 is 2.61 bits per heavy atom. The molecule has 1 aliphatic carbocycles. The zero-order chi connectivity index (χ0) is 25.6. The highest BCUT2D eigenvalue weighted by Crippen LogP contribution is 2.49. The van der Waals surface area contributed by atoms with Gasteiger partial charge in [-0.3, -0.25) is 19.3 Å². The summed E-state index contributed by atoms with van der Waals surface area (Å²) >= 11 is 0. The lowest BCUT2D eigenvalue weighted by Crippen LogP contribution is -2.69. The van der Waals surface area contributed by atoms with E-state index in [0.29, 0.717) is 23.4 Å². The molecule has 1 saturated carbocycles. The van der Waals surface area contributed by atoms with Crippen molar-refractivity contribution in [3.63, 3.8) is 0 Å². The minimum Gasteiger partial charge on any atom is -0.454 e. The average Bonchev–Trinajstić information content (AvgIpc) is 3.58. The molecular weight excluding hydrogens is 462 g/mol. The van der Waals surface area contributed by atoms with Gasteiger partial charge in [0.05, 0.1) is 11.3 Å². The molecule has 0 radical (unpaired) electrons. The molecule has 0 bridgehead atoms. The van der Waals surface area contributed by atoms with Gasteiger partial charge >= 0.3 is 5.97 Å². The normalized spacial score (nSPS) is 21.0. The Kier molecular flexibility index (Phi) is 6.20. The summed E-state index contributed by atoms with van der Waals surface area (Å²) in [5.41, 5.74) is 1.52. The number of aryl methyl sites for hydroxylation is 1. The van der Waals surface area contributed by atoms with Crippen LogP contribution in [0.2, 0.25) is 0 Å². The van der Waals surface area contributed by atoms with Crippen LogP contribution in [0.3, 0.4) is 0 Å². The number of methoxy groups -OCH3 is 1. The molecule has 0 N–H and O–H groups in total. The van der Waals surface area contributed by atoms with E-state index >= 15 is 0 Å². The second kappa shape index (κ2) is 9.20. The second-order valence-electron chi connectivity index (χ2n) is 9.75. The van der Waals surface area contributed by atoms with Gasteiger partial charge in [-0.1, -0.05) is 12.1 Å². The van der Waals surface area contributed by atoms with E-state index in [9.17, 15) is 19.2 Å². The van der Waals surface area contributed by atoms with Crippen molar-refractivity contribution < 1.29 is 28.7 Å². The number of Topliss-reactive ketones (excluding diaryl/α,β-unsaturated/α-hetero) is 1. The number of esters is 1. The number of hydrogen-bond acceptors (Lipinski definition) is 6. The predicted octanol–water partition coefficient (Wildman–Crippen LogP) is 3.01. The molecule has 36 heavy (non-hydrogen) atoms. The molecule has 1 aromatic heterocycles. The molecule has 1 atom stereocenters. The molecule has 2 fully saturated rings. The van der Waals surface area contributed by atoms with Crippen molar-refractivity contribution in [2.45, 2.75) is 64.2 Å². The van der Waals surface area contributed by atoms with Gasteiger partial charge in [0.15, 0.2) is 6.61 Å². The number of carbonyl (C=O) groups is 4. The molecule has 2 aliphatic heterocycles. The van der Waals surface area contributed by atoms with Crippen LogP contribution in [0.25, 0.3) is 0 Å². The molecule has 3 aliphatic rings. The number of ketones is 1. The van der Waals surface area contributed by atoms with Crippen molar-refractivity contribution in [2.24, 2.45) is 0 Å². The van der Waals surface area contributed by atoms with E-state index in [1.54, 1.807) is 37.4 Å². The maximum absolute atomic E-state index is 13.7. The van der Waals surface area contributed by atoms with Gasteiger partial charge in [-0.2, -0.15) is 0 Å². The van der Waals surface area contributed by atoms with Crippen molar-refractivity contribution in [1.82, 2.24) is 9.47 Å². The Morgan fingerprint density at radius 1 is 1.14 bits per heavy atom. The Balaban J connectivity index is 1.40. The number of ether oxygens (including phenoxy) is 2. The van der Waals surface area contributed by atoms with Crippen molar-refractivity contribution in [2.75, 3.05) is 25.2 Å². The number of carbonyl (C=O) groups excluding carboxylic acids is 4. The first-order valence-electron chi connectivity index (χ1n) is 12.4. The second-order valence-corrected chi connectivity index (χ2v) is 9.75. The van der Waals surface area contributed by atoms with E-state index in [2.05, 4.69) is 4.57 Å². The Bertz CT molecular complexity index is 1250. The predicted molar refractivity (Wildman–Crippen MR) is 131 cm³/mol. The van der Waals surface area contributed by atoms with E-state index in [1.807, 2.05) is 13.8 Å². The van der Waals surface area contributed by atoms with Crippen LogP contribution in [0.4, 0.5) is 5.69 Å². The lowest BCUT2D eigenvalue weighted by Gasteiger charge is -2.48. The van der Waals surface area contributed by atoms with Crippen LogP contribution in [0.1, 0.15) is 64.2 Å². The Labute approximate surface area is 209 Å². The summed E-state index contributed by atoms with van der Waals surface area (Å²) < 4.78 is 12.8. The maximum atomic E-state index is 13.7. The highest BCUT2D eigenvalue weighted by atomic mass is 16.5. The monoisotopic (exact) mass is 493 g/mol. The molecule has 1 aromatic carbocycles. The lowest BCUT2D eigenvalue weighted by molar-refractivity contribution is -0.156. The van der Waals surface area contributed by atoms with E-state index < -0.39 is 18.2 Å². The Hall–Kier alpha value is -3.46. The van der Waals surface area contributed by atoms with Gasteiger partial charge in [0, 0.05) is 56.1 Å². The lowest BCUT2D eigenvalue weighted by atomic mass is 9.96. The summed E-state index contributed by atoms with van der Waals surface area (Å²) in [6, 6.07) is 8.53. The molecule has 5 rings (SSSR count). The maximum Gasteiger partial charge on any atom is 0.354 e. The zero-order valence-electron chi connectivity index (χ0n) is 20.9. The number of rotatable bonds is 9. The largest absolute Gasteiger partial charge is 0.454 e. The molecular formula is C27H31N3O6. The first-order chi connectivity index (χ1) is 17.3. The molecule has 0 unspecified atom stereocenters. The molecule has 2 amide bonds. The van der Waals surface area contributed by atoms with Crippen LogP contribution >= 0.6 is 0 Å². The fraction of sp³-hybridized carbons (Fsp3) is 0.481. The van der Waals surface area contributed by atoms with E-state index in [1.165, 1.54) is 9.80 Å². The summed E-state index contributed by atoms with van der Waals surface area (Å²) in [6.45, 7) is 4.68. The fourth-order valence-electron chi connectivity index (χ4n) is 5.63. The van der Waals surface area contributed by atoms with Gasteiger partial charge in [-0.15, -0.1) is 0 Å². The SMILES string of the molecule is COCCCn1c(C)cc(C(=O)COC(=O)[C@]23CCC(=O)N2c2ccccc2C(=O)N3C2CC2)c1C. The first kappa shape index (κ1) is 24.2. The quantitative estimate of drug-likeness (QED) is 0.303. The number of anilines is 1. The molecule has 3 heterocycles. The number of aromatic nitrogens is 1. The van der Waals surface area contributed by atoms with E-state index in [4.69, 9.17) is 9.47 Å². The van der Waals surface area contributed by atoms with Gasteiger partial charge in [0.2, 0.25) is 17.4 Å². The smallest absolute Gasteiger partial charge is 0.354 e. The summed E-state index contributed by atoms with van der Waals surface area (Å²) in [7, 11) is 1.65. The molecule has 190 valence electrons. The third-order valence-electron chi connectivity index (χ3n) is 7.48.